The van der Waals surface area contributed by atoms with Gasteiger partial charge in [0.1, 0.15) is 5.52 Å². The van der Waals surface area contributed by atoms with Crippen LogP contribution < -0.4 is 4.74 Å². The van der Waals surface area contributed by atoms with Gasteiger partial charge in [0.2, 0.25) is 5.75 Å². The van der Waals surface area contributed by atoms with Gasteiger partial charge in [0.05, 0.1) is 17.1 Å². The van der Waals surface area contributed by atoms with Crippen LogP contribution in [0.3, 0.4) is 0 Å². The van der Waals surface area contributed by atoms with Gasteiger partial charge in [-0.1, -0.05) is 25.4 Å². The number of nitro benzene ring substituents is 1. The first-order chi connectivity index (χ1) is 10.5. The van der Waals surface area contributed by atoms with Gasteiger partial charge in [0.15, 0.2) is 0 Å². The van der Waals surface area contributed by atoms with Crippen molar-refractivity contribution in [1.82, 2.24) is 9.88 Å². The molecule has 1 aromatic carbocycles. The molecule has 0 saturated heterocycles. The number of hydrogen-bond donors (Lipinski definition) is 0. The molecule has 0 saturated carbocycles. The topological polar surface area (TPSA) is 68.5 Å². The van der Waals surface area contributed by atoms with Crippen LogP contribution in [0.2, 0.25) is 5.02 Å². The fourth-order valence-corrected chi connectivity index (χ4v) is 2.63. The van der Waals surface area contributed by atoms with Crippen LogP contribution in [-0.2, 0) is 6.54 Å². The second kappa shape index (κ2) is 6.89. The van der Waals surface area contributed by atoms with E-state index in [1.54, 1.807) is 6.20 Å². The van der Waals surface area contributed by atoms with Gasteiger partial charge in [-0.05, 0) is 24.7 Å². The molecule has 0 aliphatic rings. The van der Waals surface area contributed by atoms with Gasteiger partial charge in [-0.15, -0.1) is 0 Å². The minimum atomic E-state index is -0.518. The third-order valence-electron chi connectivity index (χ3n) is 3.61. The van der Waals surface area contributed by atoms with Gasteiger partial charge < -0.3 is 4.74 Å². The van der Waals surface area contributed by atoms with Gasteiger partial charge in [-0.25, -0.2) is 0 Å². The first-order valence-electron chi connectivity index (χ1n) is 7.03. The Kier molecular flexibility index (Phi) is 5.15. The highest BCUT2D eigenvalue weighted by Gasteiger charge is 2.22. The van der Waals surface area contributed by atoms with Crippen LogP contribution >= 0.6 is 11.6 Å². The van der Waals surface area contributed by atoms with E-state index < -0.39 is 4.92 Å². The molecule has 2 rings (SSSR count). The molecule has 1 aromatic heterocycles. The predicted octanol–water partition coefficient (Wildman–Crippen LogP) is 3.65. The molecule has 6 nitrogen and oxygen atoms in total. The van der Waals surface area contributed by atoms with Gasteiger partial charge in [-0.2, -0.15) is 0 Å². The van der Waals surface area contributed by atoms with E-state index in [1.807, 2.05) is 6.07 Å². The number of benzene rings is 1. The summed E-state index contributed by atoms with van der Waals surface area (Å²) in [7, 11) is 1.39. The molecule has 0 fully saturated rings. The second-order valence-corrected chi connectivity index (χ2v) is 5.28. The molecular formula is C15H18ClN3O3. The van der Waals surface area contributed by atoms with Crippen molar-refractivity contribution in [2.24, 2.45) is 0 Å². The van der Waals surface area contributed by atoms with Crippen molar-refractivity contribution in [1.29, 1.82) is 0 Å². The Morgan fingerprint density at radius 3 is 2.59 bits per heavy atom. The van der Waals surface area contributed by atoms with Crippen molar-refractivity contribution < 1.29 is 9.66 Å². The Bertz CT molecular complexity index is 702. The molecule has 22 heavy (non-hydrogen) atoms. The summed E-state index contributed by atoms with van der Waals surface area (Å²) in [5.74, 6) is 0.138. The Labute approximate surface area is 133 Å². The monoisotopic (exact) mass is 323 g/mol. The van der Waals surface area contributed by atoms with E-state index in [9.17, 15) is 10.1 Å². The normalized spacial score (nSPS) is 11.1. The SMILES string of the molecule is CCN(CC)Cc1cnc2c(OC)c([N+](=O)[O-])cc(Cl)c2c1. The van der Waals surface area contributed by atoms with Crippen molar-refractivity contribution in [2.45, 2.75) is 20.4 Å². The Morgan fingerprint density at radius 2 is 2.05 bits per heavy atom. The zero-order valence-corrected chi connectivity index (χ0v) is 13.6. The van der Waals surface area contributed by atoms with E-state index in [4.69, 9.17) is 16.3 Å². The van der Waals surface area contributed by atoms with Crippen LogP contribution in [0.4, 0.5) is 5.69 Å². The largest absolute Gasteiger partial charge is 0.489 e. The summed E-state index contributed by atoms with van der Waals surface area (Å²) in [6, 6.07) is 3.22. The molecule has 0 spiro atoms. The van der Waals surface area contributed by atoms with Crippen molar-refractivity contribution in [3.05, 3.63) is 39.0 Å². The third kappa shape index (κ3) is 3.13. The van der Waals surface area contributed by atoms with Crippen LogP contribution in [0.15, 0.2) is 18.3 Å². The summed E-state index contributed by atoms with van der Waals surface area (Å²) >= 11 is 6.20. The Hall–Kier alpha value is -1.92. The quantitative estimate of drug-likeness (QED) is 0.599. The maximum absolute atomic E-state index is 11.1. The molecule has 0 radical (unpaired) electrons. The van der Waals surface area contributed by atoms with Gasteiger partial charge in [0, 0.05) is 24.2 Å². The number of aromatic nitrogens is 1. The third-order valence-corrected chi connectivity index (χ3v) is 3.93. The fraction of sp³-hybridized carbons (Fsp3) is 0.400. The van der Waals surface area contributed by atoms with Gasteiger partial charge in [0.25, 0.3) is 0 Å². The molecule has 0 amide bonds. The Balaban J connectivity index is 2.56. The molecule has 0 aliphatic carbocycles. The molecule has 0 aliphatic heterocycles. The maximum Gasteiger partial charge on any atom is 0.314 e. The zero-order valence-electron chi connectivity index (χ0n) is 12.8. The van der Waals surface area contributed by atoms with Gasteiger partial charge >= 0.3 is 5.69 Å². The smallest absolute Gasteiger partial charge is 0.314 e. The predicted molar refractivity (Wildman–Crippen MR) is 86.6 cm³/mol. The molecule has 2 aromatic rings. The van der Waals surface area contributed by atoms with Crippen molar-refractivity contribution >= 4 is 28.2 Å². The van der Waals surface area contributed by atoms with E-state index in [0.29, 0.717) is 15.9 Å². The molecule has 0 atom stereocenters. The number of nitro groups is 1. The van der Waals surface area contributed by atoms with Crippen LogP contribution in [-0.4, -0.2) is 35.0 Å². The Morgan fingerprint density at radius 1 is 1.36 bits per heavy atom. The minimum Gasteiger partial charge on any atom is -0.489 e. The highest BCUT2D eigenvalue weighted by Crippen LogP contribution is 2.38. The average molecular weight is 324 g/mol. The summed E-state index contributed by atoms with van der Waals surface area (Å²) < 4.78 is 5.16. The first kappa shape index (κ1) is 16.5. The van der Waals surface area contributed by atoms with Crippen LogP contribution in [0, 0.1) is 10.1 Å². The molecule has 7 heteroatoms. The lowest BCUT2D eigenvalue weighted by atomic mass is 10.1. The summed E-state index contributed by atoms with van der Waals surface area (Å²) in [5, 5.41) is 12.1. The first-order valence-corrected chi connectivity index (χ1v) is 7.41. The number of nitrogens with zero attached hydrogens (tertiary/aromatic N) is 3. The lowest BCUT2D eigenvalue weighted by Crippen LogP contribution is -2.22. The molecule has 0 N–H and O–H groups in total. The van der Waals surface area contributed by atoms with Gasteiger partial charge in [-0.3, -0.25) is 20.0 Å². The van der Waals surface area contributed by atoms with Crippen LogP contribution in [0.25, 0.3) is 10.9 Å². The number of fused-ring (bicyclic) bond motifs is 1. The van der Waals surface area contributed by atoms with Crippen molar-refractivity contribution in [3.63, 3.8) is 0 Å². The van der Waals surface area contributed by atoms with E-state index >= 15 is 0 Å². The summed E-state index contributed by atoms with van der Waals surface area (Å²) in [5.41, 5.74) is 1.24. The highest BCUT2D eigenvalue weighted by atomic mass is 35.5. The molecule has 1 heterocycles. The number of rotatable bonds is 6. The minimum absolute atomic E-state index is 0.138. The maximum atomic E-state index is 11.1. The summed E-state index contributed by atoms with van der Waals surface area (Å²) in [4.78, 5) is 17.2. The molecular weight excluding hydrogens is 306 g/mol. The molecule has 118 valence electrons. The highest BCUT2D eigenvalue weighted by molar-refractivity contribution is 6.36. The van der Waals surface area contributed by atoms with Crippen molar-refractivity contribution in [2.75, 3.05) is 20.2 Å². The van der Waals surface area contributed by atoms with Crippen LogP contribution in [0.1, 0.15) is 19.4 Å². The van der Waals surface area contributed by atoms with E-state index in [0.717, 1.165) is 25.2 Å². The van der Waals surface area contributed by atoms with Crippen molar-refractivity contribution in [3.8, 4) is 5.75 Å². The lowest BCUT2D eigenvalue weighted by Gasteiger charge is -2.18. The summed E-state index contributed by atoms with van der Waals surface area (Å²) in [6.45, 7) is 6.82. The number of ether oxygens (including phenoxy) is 1. The summed E-state index contributed by atoms with van der Waals surface area (Å²) in [6.07, 6.45) is 1.71. The average Bonchev–Trinajstić information content (AvgIpc) is 2.52. The molecule has 0 bridgehead atoms. The van der Waals surface area contributed by atoms with E-state index in [-0.39, 0.29) is 11.4 Å². The zero-order chi connectivity index (χ0) is 16.3. The standard InChI is InChI=1S/C15H18ClN3O3/c1-4-18(5-2)9-10-6-11-12(16)7-13(19(20)21)15(22-3)14(11)17-8-10/h6-8H,4-5,9H2,1-3H3. The van der Waals surface area contributed by atoms with E-state index in [1.165, 1.54) is 13.2 Å². The number of methoxy groups -OCH3 is 1. The second-order valence-electron chi connectivity index (χ2n) is 4.87. The molecule has 0 unspecified atom stereocenters. The fourth-order valence-electron chi connectivity index (χ4n) is 2.38. The lowest BCUT2D eigenvalue weighted by molar-refractivity contribution is -0.385. The number of hydrogen-bond acceptors (Lipinski definition) is 5. The number of pyridine rings is 1. The van der Waals surface area contributed by atoms with Crippen LogP contribution in [0.5, 0.6) is 5.75 Å². The van der Waals surface area contributed by atoms with E-state index in [2.05, 4.69) is 23.7 Å². The number of halogens is 1.